The molecule has 1 aromatic heterocycles. The molecule has 0 bridgehead atoms. The Morgan fingerprint density at radius 2 is 2.06 bits per heavy atom. The molecule has 17 heavy (non-hydrogen) atoms. The lowest BCUT2D eigenvalue weighted by molar-refractivity contribution is 0.712. The van der Waals surface area contributed by atoms with Crippen molar-refractivity contribution in [3.05, 3.63) is 39.5 Å². The minimum absolute atomic E-state index is 0.481. The minimum atomic E-state index is 0.481. The van der Waals surface area contributed by atoms with Crippen LogP contribution < -0.4 is 5.73 Å². The van der Waals surface area contributed by atoms with E-state index in [9.17, 15) is 0 Å². The van der Waals surface area contributed by atoms with Gasteiger partial charge in [0.25, 0.3) is 0 Å². The van der Waals surface area contributed by atoms with Crippen molar-refractivity contribution >= 4 is 15.9 Å². The van der Waals surface area contributed by atoms with Gasteiger partial charge in [-0.3, -0.25) is 4.68 Å². The third-order valence-corrected chi connectivity index (χ3v) is 3.78. The van der Waals surface area contributed by atoms with Crippen molar-refractivity contribution in [2.45, 2.75) is 20.4 Å². The molecule has 4 heteroatoms. The number of halogens is 1. The maximum Gasteiger partial charge on any atom is 0.107 e. The Morgan fingerprint density at radius 1 is 1.35 bits per heavy atom. The summed E-state index contributed by atoms with van der Waals surface area (Å²) in [6.07, 6.45) is 0. The molecule has 0 aliphatic heterocycles. The first-order valence-electron chi connectivity index (χ1n) is 5.53. The van der Waals surface area contributed by atoms with E-state index < -0.39 is 0 Å². The summed E-state index contributed by atoms with van der Waals surface area (Å²) in [5.74, 6) is 0. The third-order valence-electron chi connectivity index (χ3n) is 2.94. The number of benzene rings is 1. The quantitative estimate of drug-likeness (QED) is 0.925. The Hall–Kier alpha value is -1.13. The monoisotopic (exact) mass is 293 g/mol. The van der Waals surface area contributed by atoms with Gasteiger partial charge in [0.1, 0.15) is 5.69 Å². The highest BCUT2D eigenvalue weighted by Crippen LogP contribution is 2.32. The van der Waals surface area contributed by atoms with Crippen LogP contribution >= 0.6 is 15.9 Å². The van der Waals surface area contributed by atoms with Gasteiger partial charge in [-0.2, -0.15) is 5.10 Å². The third kappa shape index (κ3) is 2.15. The summed E-state index contributed by atoms with van der Waals surface area (Å²) in [5, 5.41) is 4.54. The molecule has 0 spiro atoms. The molecule has 0 aliphatic carbocycles. The highest BCUT2D eigenvalue weighted by Gasteiger charge is 2.15. The van der Waals surface area contributed by atoms with Gasteiger partial charge in [0.2, 0.25) is 0 Å². The molecular weight excluding hydrogens is 278 g/mol. The van der Waals surface area contributed by atoms with E-state index in [1.807, 2.05) is 11.7 Å². The van der Waals surface area contributed by atoms with E-state index in [0.717, 1.165) is 21.4 Å². The van der Waals surface area contributed by atoms with Crippen molar-refractivity contribution < 1.29 is 0 Å². The fraction of sp³-hybridized carbons (Fsp3) is 0.308. The molecule has 0 saturated carbocycles. The first kappa shape index (κ1) is 12.3. The van der Waals surface area contributed by atoms with E-state index in [0.29, 0.717) is 6.54 Å². The number of nitrogens with two attached hydrogens (primary N) is 1. The SMILES string of the molecule is Cc1ccc(C)c(-c2nn(C)c(CN)c2Br)c1. The van der Waals surface area contributed by atoms with E-state index >= 15 is 0 Å². The van der Waals surface area contributed by atoms with Crippen LogP contribution in [0.1, 0.15) is 16.8 Å². The van der Waals surface area contributed by atoms with E-state index in [4.69, 9.17) is 5.73 Å². The highest BCUT2D eigenvalue weighted by molar-refractivity contribution is 9.10. The van der Waals surface area contributed by atoms with Gasteiger partial charge >= 0.3 is 0 Å². The molecule has 0 saturated heterocycles. The second-order valence-corrected chi connectivity index (χ2v) is 5.05. The normalized spacial score (nSPS) is 10.9. The predicted molar refractivity (Wildman–Crippen MR) is 73.7 cm³/mol. The number of hydrogen-bond donors (Lipinski definition) is 1. The predicted octanol–water partition coefficient (Wildman–Crippen LogP) is 2.93. The molecule has 2 rings (SSSR count). The molecule has 1 heterocycles. The molecule has 0 aliphatic rings. The molecule has 0 radical (unpaired) electrons. The number of nitrogens with zero attached hydrogens (tertiary/aromatic N) is 2. The molecule has 0 atom stereocenters. The maximum atomic E-state index is 5.72. The van der Waals surface area contributed by atoms with Crippen LogP contribution in [0.25, 0.3) is 11.3 Å². The lowest BCUT2D eigenvalue weighted by atomic mass is 10.0. The van der Waals surface area contributed by atoms with Crippen molar-refractivity contribution in [3.63, 3.8) is 0 Å². The van der Waals surface area contributed by atoms with Gasteiger partial charge in [0.05, 0.1) is 10.2 Å². The van der Waals surface area contributed by atoms with Crippen LogP contribution in [0.15, 0.2) is 22.7 Å². The van der Waals surface area contributed by atoms with Crippen LogP contribution in [0.2, 0.25) is 0 Å². The summed E-state index contributed by atoms with van der Waals surface area (Å²) >= 11 is 3.59. The zero-order valence-electron chi connectivity index (χ0n) is 10.3. The summed E-state index contributed by atoms with van der Waals surface area (Å²) in [5.41, 5.74) is 11.3. The molecule has 3 nitrogen and oxygen atoms in total. The zero-order valence-corrected chi connectivity index (χ0v) is 11.9. The standard InChI is InChI=1S/C13H16BrN3/c1-8-4-5-9(2)10(6-8)13-12(14)11(7-15)17(3)16-13/h4-6H,7,15H2,1-3H3. The molecule has 1 aromatic carbocycles. The Kier molecular flexibility index (Phi) is 3.35. The summed E-state index contributed by atoms with van der Waals surface area (Å²) in [6.45, 7) is 4.66. The van der Waals surface area contributed by atoms with E-state index in [1.54, 1.807) is 0 Å². The van der Waals surface area contributed by atoms with Crippen molar-refractivity contribution in [3.8, 4) is 11.3 Å². The molecule has 0 fully saturated rings. The van der Waals surface area contributed by atoms with Crippen LogP contribution in [-0.4, -0.2) is 9.78 Å². The van der Waals surface area contributed by atoms with Crippen LogP contribution in [0.4, 0.5) is 0 Å². The second kappa shape index (κ2) is 4.63. The van der Waals surface area contributed by atoms with Crippen molar-refractivity contribution in [2.75, 3.05) is 0 Å². The minimum Gasteiger partial charge on any atom is -0.325 e. The number of aromatic nitrogens is 2. The summed E-state index contributed by atoms with van der Waals surface area (Å²) in [4.78, 5) is 0. The Morgan fingerprint density at radius 3 is 2.65 bits per heavy atom. The van der Waals surface area contributed by atoms with Gasteiger partial charge < -0.3 is 5.73 Å². The summed E-state index contributed by atoms with van der Waals surface area (Å²) in [7, 11) is 1.92. The van der Waals surface area contributed by atoms with Gasteiger partial charge in [0.15, 0.2) is 0 Å². The van der Waals surface area contributed by atoms with Crippen LogP contribution in [0.3, 0.4) is 0 Å². The van der Waals surface area contributed by atoms with E-state index in [-0.39, 0.29) is 0 Å². The molecular formula is C13H16BrN3. The van der Waals surface area contributed by atoms with Gasteiger partial charge in [-0.1, -0.05) is 17.7 Å². The molecule has 2 N–H and O–H groups in total. The fourth-order valence-electron chi connectivity index (χ4n) is 1.92. The largest absolute Gasteiger partial charge is 0.325 e. The van der Waals surface area contributed by atoms with Crippen molar-refractivity contribution in [1.82, 2.24) is 9.78 Å². The average molecular weight is 294 g/mol. The second-order valence-electron chi connectivity index (χ2n) is 4.26. The summed E-state index contributed by atoms with van der Waals surface area (Å²) in [6, 6.07) is 6.39. The van der Waals surface area contributed by atoms with Crippen LogP contribution in [-0.2, 0) is 13.6 Å². The number of rotatable bonds is 2. The maximum absolute atomic E-state index is 5.72. The lowest BCUT2D eigenvalue weighted by Gasteiger charge is -2.04. The van der Waals surface area contributed by atoms with Crippen LogP contribution in [0, 0.1) is 13.8 Å². The Labute approximate surface area is 110 Å². The average Bonchev–Trinajstić information content (AvgIpc) is 2.57. The first-order chi connectivity index (χ1) is 8.04. The topological polar surface area (TPSA) is 43.8 Å². The van der Waals surface area contributed by atoms with Gasteiger partial charge in [-0.25, -0.2) is 0 Å². The van der Waals surface area contributed by atoms with Crippen molar-refractivity contribution in [1.29, 1.82) is 0 Å². The van der Waals surface area contributed by atoms with Crippen molar-refractivity contribution in [2.24, 2.45) is 12.8 Å². The number of aryl methyl sites for hydroxylation is 3. The summed E-state index contributed by atoms with van der Waals surface area (Å²) < 4.78 is 2.83. The Bertz CT molecular complexity index is 558. The lowest BCUT2D eigenvalue weighted by Crippen LogP contribution is -2.04. The Balaban J connectivity index is 2.64. The zero-order chi connectivity index (χ0) is 12.6. The first-order valence-corrected chi connectivity index (χ1v) is 6.33. The highest BCUT2D eigenvalue weighted by atomic mass is 79.9. The van der Waals surface area contributed by atoms with E-state index in [1.165, 1.54) is 11.1 Å². The smallest absolute Gasteiger partial charge is 0.107 e. The van der Waals surface area contributed by atoms with Crippen LogP contribution in [0.5, 0.6) is 0 Å². The molecule has 90 valence electrons. The van der Waals surface area contributed by atoms with Gasteiger partial charge in [-0.05, 0) is 41.4 Å². The molecule has 0 amide bonds. The van der Waals surface area contributed by atoms with E-state index in [2.05, 4.69) is 53.1 Å². The molecule has 0 unspecified atom stereocenters. The number of hydrogen-bond acceptors (Lipinski definition) is 2. The van der Waals surface area contributed by atoms with Gasteiger partial charge in [-0.15, -0.1) is 0 Å². The fourth-order valence-corrected chi connectivity index (χ4v) is 2.63. The van der Waals surface area contributed by atoms with Gasteiger partial charge in [0, 0.05) is 19.2 Å². The molecule has 2 aromatic rings.